The third kappa shape index (κ3) is 3.57. The molecule has 0 atom stereocenters. The molecule has 3 aliphatic rings. The van der Waals surface area contributed by atoms with Crippen LogP contribution in [0.3, 0.4) is 0 Å². The number of allylic oxidation sites excluding steroid dienone is 4. The van der Waals surface area contributed by atoms with E-state index in [1.54, 1.807) is 6.26 Å². The van der Waals surface area contributed by atoms with Gasteiger partial charge in [0.05, 0.1) is 22.5 Å². The fourth-order valence-electron chi connectivity index (χ4n) is 4.48. The molecule has 6 nitrogen and oxygen atoms in total. The van der Waals surface area contributed by atoms with E-state index < -0.39 is 0 Å². The van der Waals surface area contributed by atoms with Crippen molar-refractivity contribution in [3.8, 4) is 0 Å². The number of hydrogen-bond donors (Lipinski definition) is 0. The molecule has 0 fully saturated rings. The van der Waals surface area contributed by atoms with Crippen molar-refractivity contribution in [3.63, 3.8) is 0 Å². The van der Waals surface area contributed by atoms with Gasteiger partial charge in [0.25, 0.3) is 0 Å². The molecule has 2 aliphatic carbocycles. The highest BCUT2D eigenvalue weighted by atomic mass is 32.1. The lowest BCUT2D eigenvalue weighted by Gasteiger charge is -2.26. The summed E-state index contributed by atoms with van der Waals surface area (Å²) in [5.41, 5.74) is 4.96. The maximum atomic E-state index is 12.6. The van der Waals surface area contributed by atoms with Gasteiger partial charge in [-0.1, -0.05) is 42.5 Å². The van der Waals surface area contributed by atoms with Gasteiger partial charge in [-0.15, -0.1) is 0 Å². The summed E-state index contributed by atoms with van der Waals surface area (Å²) in [5, 5.41) is 4.91. The molecular formula is C24H25N3O3S. The van der Waals surface area contributed by atoms with Gasteiger partial charge in [-0.05, 0) is 44.1 Å². The molecule has 160 valence electrons. The normalized spacial score (nSPS) is 20.1. The van der Waals surface area contributed by atoms with E-state index in [1.807, 2.05) is 31.1 Å². The summed E-state index contributed by atoms with van der Waals surface area (Å²) in [4.78, 5) is 20.2. The van der Waals surface area contributed by atoms with Gasteiger partial charge in [0, 0.05) is 23.8 Å². The molecule has 2 aromatic heterocycles. The summed E-state index contributed by atoms with van der Waals surface area (Å²) in [6, 6.07) is 0. The molecule has 0 saturated carbocycles. The molecule has 0 N–H and O–H groups in total. The van der Waals surface area contributed by atoms with Crippen LogP contribution in [0.4, 0.5) is 5.13 Å². The molecule has 0 spiro atoms. The van der Waals surface area contributed by atoms with Crippen LogP contribution in [-0.4, -0.2) is 15.9 Å². The summed E-state index contributed by atoms with van der Waals surface area (Å²) >= 11 is 1.46. The topological polar surface area (TPSA) is 68.5 Å². The van der Waals surface area contributed by atoms with E-state index in [2.05, 4.69) is 31.2 Å². The highest BCUT2D eigenvalue weighted by Crippen LogP contribution is 2.41. The Balaban J connectivity index is 1.53. The van der Waals surface area contributed by atoms with E-state index in [4.69, 9.17) is 14.2 Å². The van der Waals surface area contributed by atoms with Gasteiger partial charge >= 0.3 is 0 Å². The van der Waals surface area contributed by atoms with Crippen molar-refractivity contribution in [3.05, 3.63) is 69.7 Å². The monoisotopic (exact) mass is 435 g/mol. The number of ether oxygens (including phenoxy) is 1. The van der Waals surface area contributed by atoms with Crippen molar-refractivity contribution in [2.75, 3.05) is 4.90 Å². The first-order chi connectivity index (χ1) is 14.8. The Labute approximate surface area is 185 Å². The zero-order valence-corrected chi connectivity index (χ0v) is 19.0. The Hall–Kier alpha value is -2.93. The molecule has 0 unspecified atom stereocenters. The van der Waals surface area contributed by atoms with Crippen LogP contribution in [0.25, 0.3) is 5.57 Å². The van der Waals surface area contributed by atoms with Crippen LogP contribution >= 0.6 is 11.3 Å². The molecule has 31 heavy (non-hydrogen) atoms. The Morgan fingerprint density at radius 2 is 2.06 bits per heavy atom. The predicted octanol–water partition coefficient (Wildman–Crippen LogP) is 5.86. The highest BCUT2D eigenvalue weighted by Gasteiger charge is 2.34. The molecular weight excluding hydrogens is 410 g/mol. The van der Waals surface area contributed by atoms with Crippen molar-refractivity contribution < 1.29 is 14.1 Å². The Morgan fingerprint density at radius 1 is 1.23 bits per heavy atom. The molecule has 2 aromatic rings. The molecule has 5 rings (SSSR count). The van der Waals surface area contributed by atoms with E-state index >= 15 is 0 Å². The Bertz CT molecular complexity index is 1170. The summed E-state index contributed by atoms with van der Waals surface area (Å²) < 4.78 is 11.3. The number of nitrogens with zero attached hydrogens (tertiary/aromatic N) is 3. The van der Waals surface area contributed by atoms with Gasteiger partial charge in [0.15, 0.2) is 10.9 Å². The Kier molecular flexibility index (Phi) is 4.73. The zero-order chi connectivity index (χ0) is 21.8. The minimum Gasteiger partial charge on any atom is -0.462 e. The number of thiazole rings is 1. The quantitative estimate of drug-likeness (QED) is 0.602. The van der Waals surface area contributed by atoms with Crippen molar-refractivity contribution >= 4 is 27.8 Å². The molecule has 1 aliphatic heterocycles. The van der Waals surface area contributed by atoms with Crippen LogP contribution < -0.4 is 4.90 Å². The second kappa shape index (κ2) is 7.34. The van der Waals surface area contributed by atoms with E-state index in [0.717, 1.165) is 68.9 Å². The van der Waals surface area contributed by atoms with Crippen molar-refractivity contribution in [2.24, 2.45) is 5.41 Å². The first kappa shape index (κ1) is 20.0. The van der Waals surface area contributed by atoms with Crippen LogP contribution in [0, 0.1) is 19.3 Å². The van der Waals surface area contributed by atoms with Gasteiger partial charge < -0.3 is 9.26 Å². The van der Waals surface area contributed by atoms with Crippen molar-refractivity contribution in [1.82, 2.24) is 10.1 Å². The first-order valence-corrected chi connectivity index (χ1v) is 11.3. The number of aryl methyl sites for hydroxylation is 2. The summed E-state index contributed by atoms with van der Waals surface area (Å²) in [6.45, 7) is 8.14. The van der Waals surface area contributed by atoms with E-state index in [1.165, 1.54) is 11.3 Å². The molecule has 0 aromatic carbocycles. The Morgan fingerprint density at radius 3 is 2.84 bits per heavy atom. The van der Waals surface area contributed by atoms with Gasteiger partial charge in [-0.2, -0.15) is 0 Å². The third-order valence-corrected chi connectivity index (χ3v) is 7.04. The maximum Gasteiger partial charge on any atom is 0.194 e. The van der Waals surface area contributed by atoms with Crippen molar-refractivity contribution in [2.45, 2.75) is 53.4 Å². The number of Topliss-reactive ketones (excluding diaryl/α,β-unsaturated/α-hetero) is 1. The number of anilines is 1. The molecule has 0 bridgehead atoms. The predicted molar refractivity (Wildman–Crippen MR) is 121 cm³/mol. The van der Waals surface area contributed by atoms with Gasteiger partial charge in [-0.3, -0.25) is 9.69 Å². The minimum atomic E-state index is -0.0419. The highest BCUT2D eigenvalue weighted by molar-refractivity contribution is 7.17. The SMILES string of the molecule is Cc1noc(C)c1C1=C(C2=CN(c3nc4c(s3)C(=O)CC(C)(C)C4)C=CO2)CCC=C1. The molecule has 7 heteroatoms. The smallest absolute Gasteiger partial charge is 0.194 e. The first-order valence-electron chi connectivity index (χ1n) is 10.5. The van der Waals surface area contributed by atoms with Gasteiger partial charge in [0.2, 0.25) is 0 Å². The molecule has 0 saturated heterocycles. The second-order valence-electron chi connectivity index (χ2n) is 9.05. The number of ketones is 1. The second-order valence-corrected chi connectivity index (χ2v) is 10.0. The van der Waals surface area contributed by atoms with Crippen LogP contribution in [-0.2, 0) is 11.2 Å². The lowest BCUT2D eigenvalue weighted by molar-refractivity contribution is 0.0916. The average Bonchev–Trinajstić information content (AvgIpc) is 3.30. The van der Waals surface area contributed by atoms with Gasteiger partial charge in [-0.25, -0.2) is 4.98 Å². The van der Waals surface area contributed by atoms with E-state index in [9.17, 15) is 4.79 Å². The standard InChI is InChI=1S/C24H25N3O3S/c1-14-21(15(2)30-26-14)17-8-6-5-7-16(17)20-13-27(9-10-29-20)23-25-18-11-24(3,4)12-19(28)22(18)31-23/h6,8-10,13H,5,7,11-12H2,1-4H3. The largest absolute Gasteiger partial charge is 0.462 e. The molecule has 0 amide bonds. The van der Waals surface area contributed by atoms with Crippen molar-refractivity contribution in [1.29, 1.82) is 0 Å². The van der Waals surface area contributed by atoms with Crippen LogP contribution in [0.2, 0.25) is 0 Å². The summed E-state index contributed by atoms with van der Waals surface area (Å²) in [5.74, 6) is 1.77. The number of carbonyl (C=O) groups is 1. The van der Waals surface area contributed by atoms with E-state index in [-0.39, 0.29) is 11.2 Å². The maximum absolute atomic E-state index is 12.6. The van der Waals surface area contributed by atoms with E-state index in [0.29, 0.717) is 6.42 Å². The third-order valence-electron chi connectivity index (χ3n) is 5.89. The molecule has 0 radical (unpaired) electrons. The molecule has 3 heterocycles. The lowest BCUT2D eigenvalue weighted by Crippen LogP contribution is -2.26. The zero-order valence-electron chi connectivity index (χ0n) is 18.2. The fourth-order valence-corrected chi connectivity index (χ4v) is 5.46. The van der Waals surface area contributed by atoms with Crippen LogP contribution in [0.5, 0.6) is 0 Å². The van der Waals surface area contributed by atoms with Crippen LogP contribution in [0.15, 0.2) is 46.7 Å². The number of hydrogen-bond acceptors (Lipinski definition) is 7. The summed E-state index contributed by atoms with van der Waals surface area (Å²) in [7, 11) is 0. The summed E-state index contributed by atoms with van der Waals surface area (Å²) in [6.07, 6.45) is 13.0. The number of fused-ring (bicyclic) bond motifs is 1. The number of aromatic nitrogens is 2. The number of carbonyl (C=O) groups excluding carboxylic acids is 1. The van der Waals surface area contributed by atoms with Gasteiger partial charge in [0.1, 0.15) is 17.8 Å². The fraction of sp³-hybridized carbons (Fsp3) is 0.375. The van der Waals surface area contributed by atoms with Crippen LogP contribution in [0.1, 0.15) is 65.5 Å². The average molecular weight is 436 g/mol. The lowest BCUT2D eigenvalue weighted by atomic mass is 9.78. The minimum absolute atomic E-state index is 0.0419. The number of rotatable bonds is 3.